The van der Waals surface area contributed by atoms with Gasteiger partial charge >= 0.3 is 0 Å². The fraction of sp³-hybridized carbons (Fsp3) is 0.478. The van der Waals surface area contributed by atoms with Crippen molar-refractivity contribution in [3.05, 3.63) is 71.8 Å². The van der Waals surface area contributed by atoms with Crippen molar-refractivity contribution >= 4 is 10.0 Å². The molecule has 28 heavy (non-hydrogen) atoms. The molecule has 0 spiro atoms. The summed E-state index contributed by atoms with van der Waals surface area (Å²) in [6, 6.07) is 18.2. The van der Waals surface area contributed by atoms with E-state index in [4.69, 9.17) is 5.73 Å². The summed E-state index contributed by atoms with van der Waals surface area (Å²) in [5, 5.41) is 0. The molecule has 2 rings (SSSR count). The van der Waals surface area contributed by atoms with Crippen molar-refractivity contribution in [1.29, 1.82) is 0 Å². The Morgan fingerprint density at radius 3 is 1.75 bits per heavy atom. The van der Waals surface area contributed by atoms with E-state index in [1.54, 1.807) is 0 Å². The molecule has 2 aromatic rings. The third-order valence-corrected chi connectivity index (χ3v) is 6.83. The molecule has 0 aliphatic carbocycles. The standard InChI is InChI=1S/C23H34N2O2S/c1-17(2)21(18(3)4)15-16-28(26,27)25-23(20-13-9-6-10-14-20)22(24)19-11-7-5-8-12-19/h5-14,17-18,21-23,25H,15-16,24H2,1-4H3. The van der Waals surface area contributed by atoms with Crippen LogP contribution in [0.15, 0.2) is 60.7 Å². The van der Waals surface area contributed by atoms with E-state index < -0.39 is 22.1 Å². The molecule has 2 aromatic carbocycles. The molecule has 2 atom stereocenters. The number of sulfonamides is 1. The molecular weight excluding hydrogens is 368 g/mol. The van der Waals surface area contributed by atoms with Crippen LogP contribution in [0.25, 0.3) is 0 Å². The van der Waals surface area contributed by atoms with Crippen molar-refractivity contribution in [2.75, 3.05) is 5.75 Å². The number of nitrogens with one attached hydrogen (secondary N) is 1. The van der Waals surface area contributed by atoms with Crippen LogP contribution in [0.3, 0.4) is 0 Å². The van der Waals surface area contributed by atoms with Crippen molar-refractivity contribution in [3.8, 4) is 0 Å². The molecule has 0 aliphatic heterocycles. The van der Waals surface area contributed by atoms with Gasteiger partial charge in [-0.3, -0.25) is 0 Å². The second kappa shape index (κ2) is 10.2. The summed E-state index contributed by atoms with van der Waals surface area (Å²) < 4.78 is 28.8. The molecule has 0 saturated heterocycles. The maximum atomic E-state index is 12.9. The summed E-state index contributed by atoms with van der Waals surface area (Å²) in [6.07, 6.45) is 0.646. The van der Waals surface area contributed by atoms with Crippen LogP contribution in [0, 0.1) is 17.8 Å². The second-order valence-electron chi connectivity index (χ2n) is 8.20. The smallest absolute Gasteiger partial charge is 0.212 e. The quantitative estimate of drug-likeness (QED) is 0.607. The normalized spacial score (nSPS) is 14.6. The average Bonchev–Trinajstić information content (AvgIpc) is 2.66. The van der Waals surface area contributed by atoms with Gasteiger partial charge < -0.3 is 5.73 Å². The first-order chi connectivity index (χ1) is 13.2. The Bertz CT molecular complexity index is 797. The molecule has 4 nitrogen and oxygen atoms in total. The van der Waals surface area contributed by atoms with Gasteiger partial charge in [-0.15, -0.1) is 0 Å². The van der Waals surface area contributed by atoms with Crippen molar-refractivity contribution in [2.45, 2.75) is 46.2 Å². The summed E-state index contributed by atoms with van der Waals surface area (Å²) in [7, 11) is -3.47. The van der Waals surface area contributed by atoms with E-state index in [2.05, 4.69) is 32.4 Å². The van der Waals surface area contributed by atoms with E-state index in [0.29, 0.717) is 24.2 Å². The van der Waals surface area contributed by atoms with Gasteiger partial charge in [-0.2, -0.15) is 0 Å². The van der Waals surface area contributed by atoms with Crippen LogP contribution in [0.5, 0.6) is 0 Å². The van der Waals surface area contributed by atoms with Crippen LogP contribution in [-0.4, -0.2) is 14.2 Å². The van der Waals surface area contributed by atoms with Gasteiger partial charge in [-0.05, 0) is 35.3 Å². The van der Waals surface area contributed by atoms with Crippen LogP contribution in [0.4, 0.5) is 0 Å². The predicted molar refractivity (Wildman–Crippen MR) is 117 cm³/mol. The van der Waals surface area contributed by atoms with Crippen molar-refractivity contribution < 1.29 is 8.42 Å². The minimum Gasteiger partial charge on any atom is -0.322 e. The Labute approximate surface area is 170 Å². The Kier molecular flexibility index (Phi) is 8.23. The maximum Gasteiger partial charge on any atom is 0.212 e. The van der Waals surface area contributed by atoms with Crippen LogP contribution < -0.4 is 10.5 Å². The lowest BCUT2D eigenvalue weighted by Crippen LogP contribution is -2.37. The molecule has 154 valence electrons. The molecular formula is C23H34N2O2S. The molecule has 0 aliphatic rings. The number of rotatable bonds is 10. The zero-order chi connectivity index (χ0) is 20.7. The number of benzene rings is 2. The lowest BCUT2D eigenvalue weighted by Gasteiger charge is -2.28. The van der Waals surface area contributed by atoms with E-state index in [1.807, 2.05) is 60.7 Å². The number of nitrogens with two attached hydrogens (primary N) is 1. The molecule has 3 N–H and O–H groups in total. The van der Waals surface area contributed by atoms with Crippen LogP contribution in [0.1, 0.15) is 57.3 Å². The monoisotopic (exact) mass is 402 g/mol. The topological polar surface area (TPSA) is 72.2 Å². The molecule has 0 heterocycles. The van der Waals surface area contributed by atoms with Gasteiger partial charge in [0.2, 0.25) is 10.0 Å². The lowest BCUT2D eigenvalue weighted by molar-refractivity contribution is 0.279. The largest absolute Gasteiger partial charge is 0.322 e. The van der Waals surface area contributed by atoms with Gasteiger partial charge in [0.25, 0.3) is 0 Å². The van der Waals surface area contributed by atoms with Crippen molar-refractivity contribution in [2.24, 2.45) is 23.5 Å². The molecule has 0 aromatic heterocycles. The molecule has 5 heteroatoms. The van der Waals surface area contributed by atoms with E-state index in [-0.39, 0.29) is 5.75 Å². The summed E-state index contributed by atoms with van der Waals surface area (Å²) in [5.74, 6) is 1.38. The minimum atomic E-state index is -3.47. The highest BCUT2D eigenvalue weighted by Crippen LogP contribution is 2.29. The SMILES string of the molecule is CC(C)C(CCS(=O)(=O)NC(c1ccccc1)C(N)c1ccccc1)C(C)C. The summed E-state index contributed by atoms with van der Waals surface area (Å²) in [4.78, 5) is 0. The maximum absolute atomic E-state index is 12.9. The predicted octanol–water partition coefficient (Wildman–Crippen LogP) is 4.67. The Balaban J connectivity index is 2.22. The molecule has 0 amide bonds. The Hall–Kier alpha value is -1.69. The average molecular weight is 403 g/mol. The summed E-state index contributed by atoms with van der Waals surface area (Å²) >= 11 is 0. The highest BCUT2D eigenvalue weighted by molar-refractivity contribution is 7.89. The summed E-state index contributed by atoms with van der Waals surface area (Å²) in [5.41, 5.74) is 8.28. The minimum absolute atomic E-state index is 0.110. The van der Waals surface area contributed by atoms with Crippen LogP contribution in [0.2, 0.25) is 0 Å². The number of hydrogen-bond acceptors (Lipinski definition) is 3. The zero-order valence-corrected chi connectivity index (χ0v) is 18.2. The van der Waals surface area contributed by atoms with Gasteiger partial charge in [0.15, 0.2) is 0 Å². The van der Waals surface area contributed by atoms with E-state index >= 15 is 0 Å². The second-order valence-corrected chi connectivity index (χ2v) is 10.1. The fourth-order valence-corrected chi connectivity index (χ4v) is 5.23. The summed E-state index contributed by atoms with van der Waals surface area (Å²) in [6.45, 7) is 8.62. The van der Waals surface area contributed by atoms with Gasteiger partial charge in [0.1, 0.15) is 0 Å². The zero-order valence-electron chi connectivity index (χ0n) is 17.4. The lowest BCUT2D eigenvalue weighted by atomic mass is 9.84. The first-order valence-electron chi connectivity index (χ1n) is 10.1. The molecule has 0 bridgehead atoms. The third kappa shape index (κ3) is 6.43. The van der Waals surface area contributed by atoms with Crippen molar-refractivity contribution in [1.82, 2.24) is 4.72 Å². The first-order valence-corrected chi connectivity index (χ1v) is 11.7. The van der Waals surface area contributed by atoms with Crippen LogP contribution in [-0.2, 0) is 10.0 Å². The van der Waals surface area contributed by atoms with Crippen molar-refractivity contribution in [3.63, 3.8) is 0 Å². The van der Waals surface area contributed by atoms with Gasteiger partial charge in [-0.1, -0.05) is 88.4 Å². The van der Waals surface area contributed by atoms with Gasteiger partial charge in [0.05, 0.1) is 17.8 Å². The molecule has 0 fully saturated rings. The molecule has 0 radical (unpaired) electrons. The van der Waals surface area contributed by atoms with E-state index in [1.165, 1.54) is 0 Å². The van der Waals surface area contributed by atoms with Gasteiger partial charge in [-0.25, -0.2) is 13.1 Å². The molecule has 2 unspecified atom stereocenters. The third-order valence-electron chi connectivity index (χ3n) is 5.44. The highest BCUT2D eigenvalue weighted by atomic mass is 32.2. The highest BCUT2D eigenvalue weighted by Gasteiger charge is 2.28. The fourth-order valence-electron chi connectivity index (χ4n) is 3.86. The van der Waals surface area contributed by atoms with E-state index in [9.17, 15) is 8.42 Å². The Morgan fingerprint density at radius 1 is 0.821 bits per heavy atom. The number of hydrogen-bond donors (Lipinski definition) is 2. The molecule has 0 saturated carbocycles. The first kappa shape index (κ1) is 22.6. The van der Waals surface area contributed by atoms with Gasteiger partial charge in [0, 0.05) is 0 Å². The van der Waals surface area contributed by atoms with E-state index in [0.717, 1.165) is 11.1 Å². The Morgan fingerprint density at radius 2 is 1.29 bits per heavy atom. The van der Waals surface area contributed by atoms with Crippen LogP contribution >= 0.6 is 0 Å².